The van der Waals surface area contributed by atoms with E-state index in [-0.39, 0.29) is 22.6 Å². The number of ether oxygens (including phenoxy) is 2. The molecule has 2 amide bonds. The van der Waals surface area contributed by atoms with Crippen molar-refractivity contribution in [2.75, 3.05) is 11.4 Å². The zero-order valence-corrected chi connectivity index (χ0v) is 23.7. The van der Waals surface area contributed by atoms with Crippen molar-refractivity contribution in [3.8, 4) is 11.5 Å². The highest BCUT2D eigenvalue weighted by Gasteiger charge is 2.30. The molecule has 1 atom stereocenters. The first-order chi connectivity index (χ1) is 19.9. The third-order valence-electron chi connectivity index (χ3n) is 7.39. The van der Waals surface area contributed by atoms with Crippen LogP contribution in [-0.2, 0) is 16.4 Å². The molecule has 4 aromatic rings. The second kappa shape index (κ2) is 12.4. The quantitative estimate of drug-likeness (QED) is 0.248. The van der Waals surface area contributed by atoms with Gasteiger partial charge in [0.25, 0.3) is 10.0 Å². The average molecular weight is 572 g/mol. The summed E-state index contributed by atoms with van der Waals surface area (Å²) in [5, 5.41) is 0. The lowest BCUT2D eigenvalue weighted by molar-refractivity contribution is 0.200. The van der Waals surface area contributed by atoms with Gasteiger partial charge in [0.05, 0.1) is 23.8 Å². The fourth-order valence-electron chi connectivity index (χ4n) is 5.29. The molecule has 3 aromatic carbocycles. The van der Waals surface area contributed by atoms with E-state index in [0.29, 0.717) is 22.2 Å². The number of carbonyl (C=O) groups is 1. The van der Waals surface area contributed by atoms with Crippen molar-refractivity contribution in [2.45, 2.75) is 49.0 Å². The van der Waals surface area contributed by atoms with Crippen molar-refractivity contribution in [1.29, 1.82) is 0 Å². The summed E-state index contributed by atoms with van der Waals surface area (Å²) in [5.41, 5.74) is 8.78. The van der Waals surface area contributed by atoms with E-state index < -0.39 is 16.1 Å². The second-order valence-corrected chi connectivity index (χ2v) is 11.8. The van der Waals surface area contributed by atoms with E-state index in [1.54, 1.807) is 49.8 Å². The summed E-state index contributed by atoms with van der Waals surface area (Å²) in [6, 6.07) is 23.5. The van der Waals surface area contributed by atoms with Gasteiger partial charge in [0, 0.05) is 18.3 Å². The summed E-state index contributed by atoms with van der Waals surface area (Å²) in [4.78, 5) is 16.5. The van der Waals surface area contributed by atoms with Crippen LogP contribution in [0.2, 0.25) is 0 Å². The van der Waals surface area contributed by atoms with E-state index in [1.165, 1.54) is 12.1 Å². The number of anilines is 1. The van der Waals surface area contributed by atoms with Gasteiger partial charge in [-0.3, -0.25) is 4.98 Å². The number of methoxy groups -OCH3 is 1. The molecule has 0 spiro atoms. The molecular formula is C32H33N3O5S. The van der Waals surface area contributed by atoms with E-state index in [2.05, 4.69) is 4.98 Å². The van der Waals surface area contributed by atoms with Crippen molar-refractivity contribution in [3.05, 3.63) is 114 Å². The van der Waals surface area contributed by atoms with Crippen molar-refractivity contribution in [2.24, 2.45) is 5.73 Å². The maximum atomic E-state index is 13.3. The van der Waals surface area contributed by atoms with Crippen LogP contribution < -0.4 is 19.5 Å². The van der Waals surface area contributed by atoms with E-state index in [0.717, 1.165) is 42.4 Å². The van der Waals surface area contributed by atoms with Gasteiger partial charge in [-0.25, -0.2) is 13.2 Å². The number of primary amides is 1. The summed E-state index contributed by atoms with van der Waals surface area (Å²) < 4.78 is 39.2. The maximum absolute atomic E-state index is 13.3. The van der Waals surface area contributed by atoms with Crippen LogP contribution in [0.4, 0.5) is 10.5 Å². The highest BCUT2D eigenvalue weighted by Crippen LogP contribution is 2.38. The Kier molecular flexibility index (Phi) is 8.54. The zero-order valence-electron chi connectivity index (χ0n) is 22.8. The topological polar surface area (TPSA) is 112 Å². The molecule has 1 fully saturated rings. The number of hydrogen-bond donors (Lipinski definition) is 1. The van der Waals surface area contributed by atoms with Crippen LogP contribution in [0.25, 0.3) is 0 Å². The Morgan fingerprint density at radius 1 is 0.927 bits per heavy atom. The Morgan fingerprint density at radius 3 is 2.22 bits per heavy atom. The number of carbonyl (C=O) groups excluding carboxylic acids is 1. The lowest BCUT2D eigenvalue weighted by atomic mass is 9.86. The van der Waals surface area contributed by atoms with E-state index in [1.807, 2.05) is 42.5 Å². The van der Waals surface area contributed by atoms with Crippen molar-refractivity contribution < 1.29 is 22.7 Å². The van der Waals surface area contributed by atoms with Crippen LogP contribution in [0.1, 0.15) is 48.3 Å². The van der Waals surface area contributed by atoms with Gasteiger partial charge in [0.2, 0.25) is 0 Å². The van der Waals surface area contributed by atoms with Crippen molar-refractivity contribution >= 4 is 21.7 Å². The van der Waals surface area contributed by atoms with Gasteiger partial charge in [-0.1, -0.05) is 36.4 Å². The zero-order chi connectivity index (χ0) is 28.8. The van der Waals surface area contributed by atoms with Gasteiger partial charge in [-0.15, -0.1) is 0 Å². The highest BCUT2D eigenvalue weighted by molar-refractivity contribution is 7.93. The number of sulfonamides is 1. The summed E-state index contributed by atoms with van der Waals surface area (Å²) in [7, 11) is -2.55. The minimum Gasteiger partial charge on any atom is -0.493 e. The predicted molar refractivity (Wildman–Crippen MR) is 158 cm³/mol. The van der Waals surface area contributed by atoms with Crippen LogP contribution in [0.3, 0.4) is 0 Å². The molecule has 0 saturated heterocycles. The smallest absolute Gasteiger partial charge is 0.333 e. The van der Waals surface area contributed by atoms with Gasteiger partial charge in [0.1, 0.15) is 0 Å². The molecule has 0 bridgehead atoms. The lowest BCUT2D eigenvalue weighted by Gasteiger charge is -2.23. The molecule has 0 aliphatic heterocycles. The third kappa shape index (κ3) is 6.36. The number of benzene rings is 3. The van der Waals surface area contributed by atoms with Gasteiger partial charge in [-0.05, 0) is 97.3 Å². The Morgan fingerprint density at radius 2 is 1.59 bits per heavy atom. The number of urea groups is 1. The van der Waals surface area contributed by atoms with Crippen LogP contribution in [-0.4, -0.2) is 32.6 Å². The number of pyridine rings is 1. The first-order valence-corrected chi connectivity index (χ1v) is 15.0. The Balaban J connectivity index is 1.52. The Hall–Kier alpha value is -4.37. The van der Waals surface area contributed by atoms with Crippen molar-refractivity contribution in [1.82, 2.24) is 4.98 Å². The van der Waals surface area contributed by atoms with Crippen molar-refractivity contribution in [3.63, 3.8) is 0 Å². The number of nitrogens with zero attached hydrogens (tertiary/aromatic N) is 2. The minimum atomic E-state index is -4.19. The van der Waals surface area contributed by atoms with E-state index in [9.17, 15) is 13.2 Å². The molecule has 2 N–H and O–H groups in total. The highest BCUT2D eigenvalue weighted by atomic mass is 32.2. The Bertz CT molecular complexity index is 1570. The van der Waals surface area contributed by atoms with E-state index >= 15 is 0 Å². The molecule has 9 heteroatoms. The summed E-state index contributed by atoms with van der Waals surface area (Å²) in [5.74, 6) is 1.29. The van der Waals surface area contributed by atoms with Crippen LogP contribution in [0.15, 0.2) is 102 Å². The number of amides is 2. The summed E-state index contributed by atoms with van der Waals surface area (Å²) >= 11 is 0. The third-order valence-corrected chi connectivity index (χ3v) is 9.13. The predicted octanol–water partition coefficient (Wildman–Crippen LogP) is 6.06. The largest absolute Gasteiger partial charge is 0.493 e. The van der Waals surface area contributed by atoms with E-state index in [4.69, 9.17) is 15.2 Å². The number of nitrogens with two attached hydrogens (primary N) is 1. The number of rotatable bonds is 10. The molecule has 0 unspecified atom stereocenters. The number of aromatic nitrogens is 1. The number of hydrogen-bond acceptors (Lipinski definition) is 6. The lowest BCUT2D eigenvalue weighted by Crippen LogP contribution is -2.40. The molecule has 41 heavy (non-hydrogen) atoms. The molecule has 1 aliphatic rings. The normalized spacial score (nSPS) is 14.4. The maximum Gasteiger partial charge on any atom is 0.333 e. The monoisotopic (exact) mass is 571 g/mol. The molecule has 212 valence electrons. The van der Waals surface area contributed by atoms with Gasteiger partial charge < -0.3 is 15.2 Å². The molecule has 1 aromatic heterocycles. The first-order valence-electron chi connectivity index (χ1n) is 13.6. The standard InChI is InChI=1S/C32H33N3O5S/c1-39-30-16-13-25(22-31(30)40-27-7-5-6-8-27)29(21-23-17-19-34-20-18-23)24-11-14-26(15-12-24)35(32(33)36)41(37,38)28-9-3-2-4-10-28/h2-4,9-20,22,27,29H,5-8,21H2,1H3,(H2,33,36)/t29-/m1/s1. The molecule has 1 aliphatic carbocycles. The minimum absolute atomic E-state index is 0.0218. The summed E-state index contributed by atoms with van der Waals surface area (Å²) in [6.45, 7) is 0. The SMILES string of the molecule is COc1ccc([C@H](Cc2ccncc2)c2ccc(N(C(N)=O)S(=O)(=O)c3ccccc3)cc2)cc1OC1CCCC1. The molecule has 0 radical (unpaired) electrons. The average Bonchev–Trinajstić information content (AvgIpc) is 3.50. The second-order valence-electron chi connectivity index (χ2n) is 10.1. The molecular weight excluding hydrogens is 538 g/mol. The fraction of sp³-hybridized carbons (Fsp3) is 0.250. The molecule has 5 rings (SSSR count). The first kappa shape index (κ1) is 28.2. The summed E-state index contributed by atoms with van der Waals surface area (Å²) in [6.07, 6.45) is 8.73. The Labute approximate surface area is 240 Å². The molecule has 8 nitrogen and oxygen atoms in total. The van der Waals surface area contributed by atoms with Crippen LogP contribution >= 0.6 is 0 Å². The van der Waals surface area contributed by atoms with Crippen LogP contribution in [0, 0.1) is 0 Å². The van der Waals surface area contributed by atoms with Gasteiger partial charge in [-0.2, -0.15) is 4.31 Å². The molecule has 1 saturated carbocycles. The fourth-order valence-corrected chi connectivity index (χ4v) is 6.64. The van der Waals surface area contributed by atoms with Gasteiger partial charge in [0.15, 0.2) is 11.5 Å². The van der Waals surface area contributed by atoms with Gasteiger partial charge >= 0.3 is 6.03 Å². The molecule has 1 heterocycles. The van der Waals surface area contributed by atoms with Crippen LogP contribution in [0.5, 0.6) is 11.5 Å².